The molecule has 1 aromatic carbocycles. The maximum atomic E-state index is 13.3. The Balaban J connectivity index is 1.57. The number of rotatable bonds is 8. The van der Waals surface area contributed by atoms with Crippen LogP contribution in [0, 0.1) is 11.6 Å². The van der Waals surface area contributed by atoms with E-state index in [-0.39, 0.29) is 5.54 Å². The van der Waals surface area contributed by atoms with E-state index in [4.69, 9.17) is 0 Å². The van der Waals surface area contributed by atoms with Crippen LogP contribution < -0.4 is 5.32 Å². The average molecular weight is 408 g/mol. The molecule has 2 N–H and O–H groups in total. The van der Waals surface area contributed by atoms with Gasteiger partial charge in [0.25, 0.3) is 0 Å². The van der Waals surface area contributed by atoms with E-state index in [1.165, 1.54) is 41.9 Å². The highest BCUT2D eigenvalue weighted by Crippen LogP contribution is 2.47. The van der Waals surface area contributed by atoms with Gasteiger partial charge >= 0.3 is 0 Å². The zero-order valence-electron chi connectivity index (χ0n) is 16.6. The Morgan fingerprint density at radius 2 is 1.93 bits per heavy atom. The lowest BCUT2D eigenvalue weighted by molar-refractivity contribution is 0.143. The van der Waals surface area contributed by atoms with Crippen LogP contribution in [0.25, 0.3) is 0 Å². The van der Waals surface area contributed by atoms with Crippen LogP contribution in [-0.4, -0.2) is 28.5 Å². The van der Waals surface area contributed by atoms with E-state index >= 15 is 0 Å². The number of nitrogens with one attached hydrogen (secondary N) is 1. The van der Waals surface area contributed by atoms with E-state index in [0.717, 1.165) is 25.3 Å². The lowest BCUT2D eigenvalue weighted by Gasteiger charge is -2.40. The molecule has 1 aromatic rings. The first kappa shape index (κ1) is 21.5. The largest absolute Gasteiger partial charge is 0.392 e. The maximum absolute atomic E-state index is 13.3. The molecule has 0 aromatic heterocycles. The second-order valence-corrected chi connectivity index (χ2v) is 9.50. The Labute approximate surface area is 171 Å². The predicted octanol–water partition coefficient (Wildman–Crippen LogP) is 5.52. The Hall–Kier alpha value is -1.17. The Bertz CT molecular complexity index is 707. The monoisotopic (exact) mass is 407 g/mol. The average Bonchev–Trinajstić information content (AvgIpc) is 3.16. The van der Waals surface area contributed by atoms with Gasteiger partial charge in [0.2, 0.25) is 0 Å². The smallest absolute Gasteiger partial charge is 0.126 e. The summed E-state index contributed by atoms with van der Waals surface area (Å²) in [4.78, 5) is 1.40. The van der Waals surface area contributed by atoms with Gasteiger partial charge in [0, 0.05) is 28.3 Å². The van der Waals surface area contributed by atoms with E-state index in [9.17, 15) is 13.9 Å². The van der Waals surface area contributed by atoms with Gasteiger partial charge in [0.1, 0.15) is 11.6 Å². The fourth-order valence-corrected chi connectivity index (χ4v) is 5.64. The summed E-state index contributed by atoms with van der Waals surface area (Å²) in [5, 5.41) is 14.6. The standard InChI is InChI=1S/C23H31F2NOS/c1-16(2)21-8-9-22(28-21)23(10-4-3-5-11-23)26-15-20(27)7-6-17-12-18(24)14-19(25)13-17/h9,12-14,20-21,26-27H,1,3-8,10-11,15H2,2H3. The molecule has 2 nitrogen and oxygen atoms in total. The molecule has 2 unspecified atom stereocenters. The molecular weight excluding hydrogens is 376 g/mol. The number of thioether (sulfide) groups is 1. The predicted molar refractivity (Wildman–Crippen MR) is 113 cm³/mol. The van der Waals surface area contributed by atoms with Crippen molar-refractivity contribution in [2.24, 2.45) is 0 Å². The Kier molecular flexibility index (Phi) is 7.35. The summed E-state index contributed by atoms with van der Waals surface area (Å²) in [6.45, 7) is 6.70. The van der Waals surface area contributed by atoms with Crippen LogP contribution in [0.15, 0.2) is 41.3 Å². The SMILES string of the molecule is C=C(C)C1CC=C(C2(NCC(O)CCc3cc(F)cc(F)c3)CCCCC2)S1. The maximum Gasteiger partial charge on any atom is 0.126 e. The number of aliphatic hydroxyl groups excluding tert-OH is 1. The van der Waals surface area contributed by atoms with Crippen molar-refractivity contribution in [3.63, 3.8) is 0 Å². The number of aryl methyl sites for hydroxylation is 1. The highest BCUT2D eigenvalue weighted by molar-refractivity contribution is 8.04. The van der Waals surface area contributed by atoms with Gasteiger partial charge in [-0.05, 0) is 56.7 Å². The molecule has 154 valence electrons. The molecule has 0 saturated heterocycles. The molecule has 0 radical (unpaired) electrons. The van der Waals surface area contributed by atoms with Gasteiger partial charge in [-0.25, -0.2) is 8.78 Å². The van der Waals surface area contributed by atoms with Crippen molar-refractivity contribution in [2.45, 2.75) is 75.2 Å². The minimum atomic E-state index is -0.568. The molecule has 2 atom stereocenters. The highest BCUT2D eigenvalue weighted by atomic mass is 32.2. The summed E-state index contributed by atoms with van der Waals surface area (Å²) in [6.07, 6.45) is 9.62. The third-order valence-electron chi connectivity index (χ3n) is 5.88. The van der Waals surface area contributed by atoms with Crippen LogP contribution in [0.3, 0.4) is 0 Å². The van der Waals surface area contributed by atoms with Gasteiger partial charge in [-0.3, -0.25) is 0 Å². The summed E-state index contributed by atoms with van der Waals surface area (Å²) in [7, 11) is 0. The van der Waals surface area contributed by atoms with Crippen LogP contribution >= 0.6 is 11.8 Å². The Morgan fingerprint density at radius 1 is 1.25 bits per heavy atom. The molecule has 1 aliphatic carbocycles. The third kappa shape index (κ3) is 5.46. The van der Waals surface area contributed by atoms with Gasteiger partial charge in [-0.15, -0.1) is 11.8 Å². The van der Waals surface area contributed by atoms with Gasteiger partial charge in [-0.2, -0.15) is 0 Å². The fraction of sp³-hybridized carbons (Fsp3) is 0.565. The quantitative estimate of drug-likeness (QED) is 0.557. The van der Waals surface area contributed by atoms with Crippen molar-refractivity contribution < 1.29 is 13.9 Å². The molecule has 3 rings (SSSR count). The minimum Gasteiger partial charge on any atom is -0.392 e. The van der Waals surface area contributed by atoms with Gasteiger partial charge in [0.15, 0.2) is 0 Å². The van der Waals surface area contributed by atoms with Gasteiger partial charge in [0.05, 0.1) is 6.10 Å². The number of allylic oxidation sites excluding steroid dienone is 1. The molecule has 0 bridgehead atoms. The first-order chi connectivity index (χ1) is 13.4. The second kappa shape index (κ2) is 9.55. The fourth-order valence-electron chi connectivity index (χ4n) is 4.24. The lowest BCUT2D eigenvalue weighted by atomic mass is 9.80. The van der Waals surface area contributed by atoms with Crippen LogP contribution in [0.1, 0.15) is 57.4 Å². The summed E-state index contributed by atoms with van der Waals surface area (Å²) in [5.41, 5.74) is 1.76. The van der Waals surface area contributed by atoms with Crippen molar-refractivity contribution in [3.8, 4) is 0 Å². The molecular formula is C23H31F2NOS. The normalized spacial score (nSPS) is 22.7. The van der Waals surface area contributed by atoms with Gasteiger partial charge in [-0.1, -0.05) is 37.5 Å². The number of aliphatic hydroxyl groups is 1. The summed E-state index contributed by atoms with van der Waals surface area (Å²) < 4.78 is 26.7. The number of β-amino-alcohol motifs (C(OH)–C–C–N with tert-alkyl or cyclic N) is 1. The zero-order chi connectivity index (χ0) is 20.1. The van der Waals surface area contributed by atoms with E-state index in [1.54, 1.807) is 0 Å². The summed E-state index contributed by atoms with van der Waals surface area (Å²) >= 11 is 1.92. The highest BCUT2D eigenvalue weighted by Gasteiger charge is 2.39. The lowest BCUT2D eigenvalue weighted by Crippen LogP contribution is -2.50. The van der Waals surface area contributed by atoms with Crippen LogP contribution in [-0.2, 0) is 6.42 Å². The molecule has 5 heteroatoms. The number of halogens is 2. The van der Waals surface area contributed by atoms with Crippen LogP contribution in [0.2, 0.25) is 0 Å². The zero-order valence-corrected chi connectivity index (χ0v) is 17.5. The molecule has 1 fully saturated rings. The summed E-state index contributed by atoms with van der Waals surface area (Å²) in [5.74, 6) is -1.14. The Morgan fingerprint density at radius 3 is 2.54 bits per heavy atom. The molecule has 28 heavy (non-hydrogen) atoms. The first-order valence-corrected chi connectivity index (χ1v) is 11.2. The van der Waals surface area contributed by atoms with Crippen molar-refractivity contribution >= 4 is 11.8 Å². The molecule has 1 aliphatic heterocycles. The van der Waals surface area contributed by atoms with E-state index in [2.05, 4.69) is 24.9 Å². The number of hydrogen-bond acceptors (Lipinski definition) is 3. The van der Waals surface area contributed by atoms with E-state index in [0.29, 0.717) is 30.2 Å². The van der Waals surface area contributed by atoms with Crippen molar-refractivity contribution in [2.75, 3.05) is 6.54 Å². The van der Waals surface area contributed by atoms with Crippen molar-refractivity contribution in [1.29, 1.82) is 0 Å². The third-order valence-corrected chi connectivity index (χ3v) is 7.57. The molecule has 0 spiro atoms. The molecule has 0 amide bonds. The summed E-state index contributed by atoms with van der Waals surface area (Å²) in [6, 6.07) is 3.55. The number of hydrogen-bond donors (Lipinski definition) is 2. The van der Waals surface area contributed by atoms with Crippen LogP contribution in [0.5, 0.6) is 0 Å². The molecule has 2 aliphatic rings. The number of benzene rings is 1. The topological polar surface area (TPSA) is 32.3 Å². The minimum absolute atomic E-state index is 0.0426. The molecule has 1 heterocycles. The molecule has 1 saturated carbocycles. The second-order valence-electron chi connectivity index (χ2n) is 8.25. The first-order valence-electron chi connectivity index (χ1n) is 10.3. The van der Waals surface area contributed by atoms with E-state index in [1.807, 2.05) is 11.8 Å². The van der Waals surface area contributed by atoms with E-state index < -0.39 is 17.7 Å². The van der Waals surface area contributed by atoms with Crippen LogP contribution in [0.4, 0.5) is 8.78 Å². The van der Waals surface area contributed by atoms with Crippen molar-refractivity contribution in [1.82, 2.24) is 5.32 Å². The van der Waals surface area contributed by atoms with Crippen molar-refractivity contribution in [3.05, 3.63) is 58.5 Å². The van der Waals surface area contributed by atoms with Gasteiger partial charge < -0.3 is 10.4 Å².